The zero-order chi connectivity index (χ0) is 19.3. The summed E-state index contributed by atoms with van der Waals surface area (Å²) in [4.78, 5) is 0.416. The zero-order valence-corrected chi connectivity index (χ0v) is 17.1. The second kappa shape index (κ2) is 6.90. The minimum atomic E-state index is -3.40. The van der Waals surface area contributed by atoms with Crippen LogP contribution in [0.25, 0.3) is 0 Å². The molecule has 6 heteroatoms. The maximum atomic E-state index is 13.0. The van der Waals surface area contributed by atoms with E-state index in [0.717, 1.165) is 35.5 Å². The second-order valence-corrected chi connectivity index (χ2v) is 10.3. The van der Waals surface area contributed by atoms with Crippen LogP contribution in [0.4, 0.5) is 5.69 Å². The van der Waals surface area contributed by atoms with E-state index < -0.39 is 10.0 Å². The fourth-order valence-electron chi connectivity index (χ4n) is 4.81. The number of sulfonamides is 1. The van der Waals surface area contributed by atoms with Gasteiger partial charge in [0, 0.05) is 29.7 Å². The van der Waals surface area contributed by atoms with E-state index in [1.54, 1.807) is 10.4 Å². The van der Waals surface area contributed by atoms with Gasteiger partial charge in [0.25, 0.3) is 0 Å². The van der Waals surface area contributed by atoms with Crippen molar-refractivity contribution in [2.45, 2.75) is 36.1 Å². The first-order valence-corrected chi connectivity index (χ1v) is 11.7. The number of anilines is 1. The highest BCUT2D eigenvalue weighted by atomic mass is 35.5. The van der Waals surface area contributed by atoms with Crippen molar-refractivity contribution in [2.75, 3.05) is 18.4 Å². The molecule has 3 aliphatic rings. The maximum absolute atomic E-state index is 13.0. The zero-order valence-electron chi connectivity index (χ0n) is 15.5. The molecular weight excluding hydrogens is 392 g/mol. The number of nitrogens with zero attached hydrogens (tertiary/aromatic N) is 1. The van der Waals surface area contributed by atoms with Gasteiger partial charge in [-0.1, -0.05) is 35.9 Å². The van der Waals surface area contributed by atoms with Crippen LogP contribution in [0.1, 0.15) is 42.3 Å². The molecule has 28 heavy (non-hydrogen) atoms. The summed E-state index contributed by atoms with van der Waals surface area (Å²) in [7, 11) is -3.40. The molecule has 2 aromatic rings. The molecule has 3 atom stereocenters. The standard InChI is InChI=1S/C22H23ClN2O2S/c23-16-8-6-15(7-9-16)22-19-5-3-4-18(19)20-14-17(10-11-21(20)24-22)28(26,27)25-12-1-2-13-25/h3-4,6-11,14,18-19,22,24H,1-2,5,12-13H2. The monoisotopic (exact) mass is 414 g/mol. The Morgan fingerprint density at radius 1 is 1.04 bits per heavy atom. The summed E-state index contributed by atoms with van der Waals surface area (Å²) >= 11 is 6.06. The second-order valence-electron chi connectivity index (χ2n) is 7.89. The molecule has 1 fully saturated rings. The fourth-order valence-corrected chi connectivity index (χ4v) is 6.49. The molecule has 0 radical (unpaired) electrons. The lowest BCUT2D eigenvalue weighted by molar-refractivity contribution is 0.424. The normalized spacial score (nSPS) is 26.7. The Bertz CT molecular complexity index is 1030. The largest absolute Gasteiger partial charge is 0.378 e. The van der Waals surface area contributed by atoms with E-state index in [4.69, 9.17) is 11.6 Å². The highest BCUT2D eigenvalue weighted by Gasteiger charge is 2.39. The van der Waals surface area contributed by atoms with Crippen molar-refractivity contribution in [3.63, 3.8) is 0 Å². The Labute approximate surface area is 171 Å². The lowest BCUT2D eigenvalue weighted by Crippen LogP contribution is -2.30. The van der Waals surface area contributed by atoms with Gasteiger partial charge >= 0.3 is 0 Å². The number of benzene rings is 2. The van der Waals surface area contributed by atoms with E-state index in [9.17, 15) is 8.42 Å². The van der Waals surface area contributed by atoms with E-state index >= 15 is 0 Å². The Morgan fingerprint density at radius 2 is 1.79 bits per heavy atom. The van der Waals surface area contributed by atoms with Gasteiger partial charge in [-0.3, -0.25) is 0 Å². The van der Waals surface area contributed by atoms with Gasteiger partial charge in [0.2, 0.25) is 10.0 Å². The van der Waals surface area contributed by atoms with Crippen LogP contribution in [0, 0.1) is 5.92 Å². The average molecular weight is 415 g/mol. The van der Waals surface area contributed by atoms with Gasteiger partial charge in [-0.2, -0.15) is 4.31 Å². The van der Waals surface area contributed by atoms with E-state index in [1.165, 1.54) is 5.56 Å². The first-order valence-electron chi connectivity index (χ1n) is 9.87. The van der Waals surface area contributed by atoms with Crippen molar-refractivity contribution in [3.05, 3.63) is 70.8 Å². The van der Waals surface area contributed by atoms with Gasteiger partial charge in [-0.25, -0.2) is 8.42 Å². The molecule has 1 N–H and O–H groups in total. The lowest BCUT2D eigenvalue weighted by atomic mass is 9.77. The molecule has 0 spiro atoms. The van der Waals surface area contributed by atoms with Crippen LogP contribution in [0.15, 0.2) is 59.5 Å². The Kier molecular flexibility index (Phi) is 4.49. The molecule has 0 bridgehead atoms. The van der Waals surface area contributed by atoms with Crippen LogP contribution in [-0.4, -0.2) is 25.8 Å². The quantitative estimate of drug-likeness (QED) is 0.723. The molecule has 0 amide bonds. The van der Waals surface area contributed by atoms with Gasteiger partial charge in [0.15, 0.2) is 0 Å². The number of hydrogen-bond donors (Lipinski definition) is 1. The van der Waals surface area contributed by atoms with Crippen LogP contribution in [0.3, 0.4) is 0 Å². The number of hydrogen-bond acceptors (Lipinski definition) is 3. The number of fused-ring (bicyclic) bond motifs is 3. The van der Waals surface area contributed by atoms with Crippen LogP contribution in [-0.2, 0) is 10.0 Å². The molecule has 3 unspecified atom stereocenters. The van der Waals surface area contributed by atoms with Crippen molar-refractivity contribution in [2.24, 2.45) is 5.92 Å². The predicted molar refractivity (Wildman–Crippen MR) is 112 cm³/mol. The fraction of sp³-hybridized carbons (Fsp3) is 0.364. The maximum Gasteiger partial charge on any atom is 0.243 e. The van der Waals surface area contributed by atoms with E-state index in [-0.39, 0.29) is 12.0 Å². The van der Waals surface area contributed by atoms with Crippen LogP contribution < -0.4 is 5.32 Å². The summed E-state index contributed by atoms with van der Waals surface area (Å²) in [5, 5.41) is 4.39. The molecule has 4 nitrogen and oxygen atoms in total. The summed E-state index contributed by atoms with van der Waals surface area (Å²) in [6.07, 6.45) is 7.33. The Hall–Kier alpha value is -1.82. The summed E-state index contributed by atoms with van der Waals surface area (Å²) in [6, 6.07) is 13.8. The highest BCUT2D eigenvalue weighted by molar-refractivity contribution is 7.89. The number of nitrogens with one attached hydrogen (secondary N) is 1. The predicted octanol–water partition coefficient (Wildman–Crippen LogP) is 4.95. The van der Waals surface area contributed by atoms with E-state index in [0.29, 0.717) is 23.9 Å². The van der Waals surface area contributed by atoms with Gasteiger partial charge < -0.3 is 5.32 Å². The minimum absolute atomic E-state index is 0.186. The molecular formula is C22H23ClN2O2S. The van der Waals surface area contributed by atoms with Gasteiger partial charge in [0.1, 0.15) is 0 Å². The first kappa shape index (κ1) is 18.2. The molecule has 1 saturated heterocycles. The Balaban J connectivity index is 1.53. The van der Waals surface area contributed by atoms with E-state index in [2.05, 4.69) is 29.6 Å². The van der Waals surface area contributed by atoms with Gasteiger partial charge in [-0.15, -0.1) is 0 Å². The third-order valence-corrected chi connectivity index (χ3v) is 8.41. The number of allylic oxidation sites excluding steroid dienone is 2. The molecule has 5 rings (SSSR count). The molecule has 0 aromatic heterocycles. The topological polar surface area (TPSA) is 49.4 Å². The number of halogens is 1. The molecule has 146 valence electrons. The van der Waals surface area contributed by atoms with Crippen molar-refractivity contribution < 1.29 is 8.42 Å². The average Bonchev–Trinajstić information content (AvgIpc) is 3.40. The first-order chi connectivity index (χ1) is 13.5. The summed E-state index contributed by atoms with van der Waals surface area (Å²) in [5.41, 5.74) is 3.32. The highest BCUT2D eigenvalue weighted by Crippen LogP contribution is 2.50. The van der Waals surface area contributed by atoms with Crippen LogP contribution in [0.2, 0.25) is 5.02 Å². The third-order valence-electron chi connectivity index (χ3n) is 6.27. The van der Waals surface area contributed by atoms with Crippen molar-refractivity contribution >= 4 is 27.3 Å². The van der Waals surface area contributed by atoms with Gasteiger partial charge in [0.05, 0.1) is 10.9 Å². The molecule has 2 heterocycles. The van der Waals surface area contributed by atoms with Crippen molar-refractivity contribution in [3.8, 4) is 0 Å². The van der Waals surface area contributed by atoms with E-state index in [1.807, 2.05) is 24.3 Å². The number of rotatable bonds is 3. The minimum Gasteiger partial charge on any atom is -0.378 e. The Morgan fingerprint density at radius 3 is 2.54 bits per heavy atom. The summed E-state index contributed by atoms with van der Waals surface area (Å²) < 4.78 is 27.6. The van der Waals surface area contributed by atoms with Crippen LogP contribution >= 0.6 is 11.6 Å². The summed E-state index contributed by atoms with van der Waals surface area (Å²) in [6.45, 7) is 1.25. The van der Waals surface area contributed by atoms with Crippen molar-refractivity contribution in [1.82, 2.24) is 4.31 Å². The van der Waals surface area contributed by atoms with Crippen LogP contribution in [0.5, 0.6) is 0 Å². The molecule has 1 aliphatic carbocycles. The summed E-state index contributed by atoms with van der Waals surface area (Å²) in [5.74, 6) is 0.601. The smallest absolute Gasteiger partial charge is 0.243 e. The third kappa shape index (κ3) is 2.97. The van der Waals surface area contributed by atoms with Gasteiger partial charge in [-0.05, 0) is 66.6 Å². The molecule has 2 aliphatic heterocycles. The lowest BCUT2D eigenvalue weighted by Gasteiger charge is -2.37. The SMILES string of the molecule is O=S(=O)(c1ccc2c(c1)C1C=CCC1C(c1ccc(Cl)cc1)N2)N1CCCC1. The molecule has 2 aromatic carbocycles. The van der Waals surface area contributed by atoms with Crippen molar-refractivity contribution in [1.29, 1.82) is 0 Å². The molecule has 0 saturated carbocycles.